The predicted octanol–water partition coefficient (Wildman–Crippen LogP) is 3.19. The van der Waals surface area contributed by atoms with Crippen molar-refractivity contribution in [2.24, 2.45) is 0 Å². The summed E-state index contributed by atoms with van der Waals surface area (Å²) in [7, 11) is 1.41. The second-order valence-corrected chi connectivity index (χ2v) is 3.66. The number of carbonyl (C=O) groups excluding carboxylic acids is 1. The van der Waals surface area contributed by atoms with Gasteiger partial charge in [-0.3, -0.25) is 0 Å². The molecule has 0 N–H and O–H groups in total. The Morgan fingerprint density at radius 2 is 1.74 bits per heavy atom. The van der Waals surface area contributed by atoms with E-state index in [1.54, 1.807) is 18.2 Å². The van der Waals surface area contributed by atoms with E-state index in [1.165, 1.54) is 13.2 Å². The molecule has 3 nitrogen and oxygen atoms in total. The van der Waals surface area contributed by atoms with Crippen LogP contribution in [0.25, 0.3) is 0 Å². The number of benzene rings is 2. The molecule has 0 unspecified atom stereocenters. The molecular weight excluding hydrogens is 254 g/mol. The zero-order valence-corrected chi connectivity index (χ0v) is 10.0. The van der Waals surface area contributed by atoms with Crippen molar-refractivity contribution in [2.45, 2.75) is 0 Å². The summed E-state index contributed by atoms with van der Waals surface area (Å²) in [4.78, 5) is 11.8. The molecule has 0 aliphatic carbocycles. The van der Waals surface area contributed by atoms with Crippen molar-refractivity contribution in [3.05, 3.63) is 59.7 Å². The lowest BCUT2D eigenvalue weighted by molar-refractivity contribution is 0.0724. The summed E-state index contributed by atoms with van der Waals surface area (Å²) in [6, 6.07) is 8.99. The Labute approximate surface area is 108 Å². The maximum absolute atomic E-state index is 13.4. The Morgan fingerprint density at radius 1 is 1.05 bits per heavy atom. The van der Waals surface area contributed by atoms with Crippen LogP contribution in [0.3, 0.4) is 0 Å². The highest BCUT2D eigenvalue weighted by Gasteiger charge is 2.16. The second kappa shape index (κ2) is 5.48. The summed E-state index contributed by atoms with van der Waals surface area (Å²) in [5, 5.41) is 0. The molecule has 0 radical (unpaired) electrons. The van der Waals surface area contributed by atoms with Gasteiger partial charge in [0.05, 0.1) is 12.7 Å². The topological polar surface area (TPSA) is 35.5 Å². The van der Waals surface area contributed by atoms with Crippen LogP contribution in [0.4, 0.5) is 8.78 Å². The third-order valence-corrected chi connectivity index (χ3v) is 2.42. The largest absolute Gasteiger partial charge is 0.493 e. The SMILES string of the molecule is COc1ccccc1OC(=O)c1cc(F)ccc1F. The van der Waals surface area contributed by atoms with E-state index >= 15 is 0 Å². The van der Waals surface area contributed by atoms with Gasteiger partial charge in [-0.1, -0.05) is 12.1 Å². The Morgan fingerprint density at radius 3 is 2.42 bits per heavy atom. The molecule has 0 amide bonds. The van der Waals surface area contributed by atoms with Crippen LogP contribution in [0, 0.1) is 11.6 Å². The minimum absolute atomic E-state index is 0.138. The molecular formula is C14H10F2O3. The van der Waals surface area contributed by atoms with Crippen LogP contribution in [-0.4, -0.2) is 13.1 Å². The Hall–Kier alpha value is -2.43. The summed E-state index contributed by atoms with van der Waals surface area (Å²) < 4.78 is 36.4. The first-order valence-electron chi connectivity index (χ1n) is 5.42. The quantitative estimate of drug-likeness (QED) is 0.631. The van der Waals surface area contributed by atoms with Crippen LogP contribution in [0.15, 0.2) is 42.5 Å². The smallest absolute Gasteiger partial charge is 0.346 e. The fourth-order valence-electron chi connectivity index (χ4n) is 1.51. The average Bonchev–Trinajstić information content (AvgIpc) is 2.42. The van der Waals surface area contributed by atoms with E-state index in [-0.39, 0.29) is 5.75 Å². The van der Waals surface area contributed by atoms with Gasteiger partial charge < -0.3 is 9.47 Å². The molecule has 0 aromatic heterocycles. The summed E-state index contributed by atoms with van der Waals surface area (Å²) in [5.41, 5.74) is -0.467. The van der Waals surface area contributed by atoms with Gasteiger partial charge in [-0.05, 0) is 30.3 Å². The number of halogens is 2. The van der Waals surface area contributed by atoms with E-state index in [2.05, 4.69) is 0 Å². The van der Waals surface area contributed by atoms with E-state index in [4.69, 9.17) is 9.47 Å². The standard InChI is InChI=1S/C14H10F2O3/c1-18-12-4-2-3-5-13(12)19-14(17)10-8-9(15)6-7-11(10)16/h2-8H,1H3. The average molecular weight is 264 g/mol. The monoisotopic (exact) mass is 264 g/mol. The van der Waals surface area contributed by atoms with E-state index in [9.17, 15) is 13.6 Å². The number of esters is 1. The lowest BCUT2D eigenvalue weighted by atomic mass is 10.2. The van der Waals surface area contributed by atoms with Crippen molar-refractivity contribution in [1.29, 1.82) is 0 Å². The van der Waals surface area contributed by atoms with Crippen molar-refractivity contribution in [1.82, 2.24) is 0 Å². The highest BCUT2D eigenvalue weighted by molar-refractivity contribution is 5.91. The van der Waals surface area contributed by atoms with Crippen LogP contribution in [-0.2, 0) is 0 Å². The van der Waals surface area contributed by atoms with Gasteiger partial charge in [-0.15, -0.1) is 0 Å². The molecule has 2 rings (SSSR count). The lowest BCUT2D eigenvalue weighted by Crippen LogP contribution is -2.11. The molecule has 0 saturated heterocycles. The van der Waals surface area contributed by atoms with E-state index in [0.29, 0.717) is 5.75 Å². The van der Waals surface area contributed by atoms with Crippen LogP contribution >= 0.6 is 0 Å². The van der Waals surface area contributed by atoms with Crippen LogP contribution in [0.5, 0.6) is 11.5 Å². The third-order valence-electron chi connectivity index (χ3n) is 2.42. The van der Waals surface area contributed by atoms with E-state index in [0.717, 1.165) is 18.2 Å². The van der Waals surface area contributed by atoms with Crippen LogP contribution < -0.4 is 9.47 Å². The second-order valence-electron chi connectivity index (χ2n) is 3.66. The Kier molecular flexibility index (Phi) is 3.75. The molecule has 5 heteroatoms. The molecule has 98 valence electrons. The van der Waals surface area contributed by atoms with Gasteiger partial charge in [0, 0.05) is 0 Å². The molecule has 0 fully saturated rings. The molecule has 0 saturated carbocycles. The normalized spacial score (nSPS) is 10.1. The molecule has 19 heavy (non-hydrogen) atoms. The third kappa shape index (κ3) is 2.88. The van der Waals surface area contributed by atoms with Crippen molar-refractivity contribution in [2.75, 3.05) is 7.11 Å². The van der Waals surface area contributed by atoms with Crippen molar-refractivity contribution >= 4 is 5.97 Å². The molecule has 0 atom stereocenters. The highest BCUT2D eigenvalue weighted by atomic mass is 19.1. The molecule has 0 aliphatic rings. The van der Waals surface area contributed by atoms with Gasteiger partial charge in [-0.25, -0.2) is 13.6 Å². The maximum Gasteiger partial charge on any atom is 0.346 e. The summed E-state index contributed by atoms with van der Waals surface area (Å²) in [6.45, 7) is 0. The van der Waals surface area contributed by atoms with Gasteiger partial charge in [0.2, 0.25) is 0 Å². The minimum Gasteiger partial charge on any atom is -0.493 e. The zero-order chi connectivity index (χ0) is 13.8. The first-order chi connectivity index (χ1) is 9.11. The molecule has 0 aliphatic heterocycles. The first kappa shape index (κ1) is 13.0. The predicted molar refractivity (Wildman–Crippen MR) is 64.3 cm³/mol. The molecule has 0 heterocycles. The van der Waals surface area contributed by atoms with Gasteiger partial charge >= 0.3 is 5.97 Å². The Balaban J connectivity index is 2.28. The van der Waals surface area contributed by atoms with Gasteiger partial charge in [0.25, 0.3) is 0 Å². The fraction of sp³-hybridized carbons (Fsp3) is 0.0714. The number of rotatable bonds is 3. The molecule has 2 aromatic rings. The number of methoxy groups -OCH3 is 1. The van der Waals surface area contributed by atoms with Gasteiger partial charge in [0.1, 0.15) is 11.6 Å². The first-order valence-corrected chi connectivity index (χ1v) is 5.42. The molecule has 0 spiro atoms. The maximum atomic E-state index is 13.4. The number of hydrogen-bond acceptors (Lipinski definition) is 3. The number of hydrogen-bond donors (Lipinski definition) is 0. The van der Waals surface area contributed by atoms with E-state index in [1.807, 2.05) is 0 Å². The van der Waals surface area contributed by atoms with Crippen LogP contribution in [0.1, 0.15) is 10.4 Å². The zero-order valence-electron chi connectivity index (χ0n) is 10.0. The minimum atomic E-state index is -0.985. The Bertz CT molecular complexity index is 611. The van der Waals surface area contributed by atoms with Crippen molar-refractivity contribution in [3.8, 4) is 11.5 Å². The van der Waals surface area contributed by atoms with Crippen LogP contribution in [0.2, 0.25) is 0 Å². The highest BCUT2D eigenvalue weighted by Crippen LogP contribution is 2.27. The number of ether oxygens (including phenoxy) is 2. The molecule has 2 aromatic carbocycles. The van der Waals surface area contributed by atoms with E-state index < -0.39 is 23.2 Å². The number of para-hydroxylation sites is 2. The fourth-order valence-corrected chi connectivity index (χ4v) is 1.51. The summed E-state index contributed by atoms with van der Waals surface area (Å²) in [5.74, 6) is -2.08. The molecule has 0 bridgehead atoms. The van der Waals surface area contributed by atoms with Crippen molar-refractivity contribution in [3.63, 3.8) is 0 Å². The number of carbonyl (C=O) groups is 1. The van der Waals surface area contributed by atoms with Gasteiger partial charge in [0.15, 0.2) is 11.5 Å². The van der Waals surface area contributed by atoms with Gasteiger partial charge in [-0.2, -0.15) is 0 Å². The van der Waals surface area contributed by atoms with Crippen molar-refractivity contribution < 1.29 is 23.0 Å². The lowest BCUT2D eigenvalue weighted by Gasteiger charge is -2.09. The summed E-state index contributed by atoms with van der Waals surface area (Å²) in [6.07, 6.45) is 0. The summed E-state index contributed by atoms with van der Waals surface area (Å²) >= 11 is 0.